The van der Waals surface area contributed by atoms with Crippen LogP contribution in [0.15, 0.2) is 30.3 Å². The summed E-state index contributed by atoms with van der Waals surface area (Å²) < 4.78 is -1.08. The number of rotatable bonds is 10. The van der Waals surface area contributed by atoms with Crippen LogP contribution >= 0.6 is 11.8 Å². The molecule has 1 aromatic rings. The Morgan fingerprint density at radius 1 is 1.20 bits per heavy atom. The van der Waals surface area contributed by atoms with E-state index in [0.29, 0.717) is 25.1 Å². The van der Waals surface area contributed by atoms with Gasteiger partial charge in [0, 0.05) is 17.0 Å². The van der Waals surface area contributed by atoms with Crippen LogP contribution in [-0.4, -0.2) is 62.5 Å². The van der Waals surface area contributed by atoms with E-state index in [9.17, 15) is 19.5 Å². The van der Waals surface area contributed by atoms with Crippen molar-refractivity contribution in [3.8, 4) is 0 Å². The molecule has 3 aliphatic heterocycles. The van der Waals surface area contributed by atoms with Crippen LogP contribution in [0.2, 0.25) is 0 Å². The monoisotopic (exact) mass is 501 g/mol. The summed E-state index contributed by atoms with van der Waals surface area (Å²) in [5, 5.41) is 16.4. The summed E-state index contributed by atoms with van der Waals surface area (Å²) >= 11 is 1.66. The highest BCUT2D eigenvalue weighted by Crippen LogP contribution is 2.71. The molecule has 3 N–H and O–H groups in total. The van der Waals surface area contributed by atoms with Gasteiger partial charge in [0.25, 0.3) is 0 Å². The second kappa shape index (κ2) is 10.1. The van der Waals surface area contributed by atoms with Gasteiger partial charge in [-0.25, -0.2) is 0 Å². The number of amides is 3. The minimum absolute atomic E-state index is 0.155. The maximum atomic E-state index is 14.1. The fourth-order valence-corrected chi connectivity index (χ4v) is 8.85. The zero-order valence-electron chi connectivity index (χ0n) is 21.3. The highest BCUT2D eigenvalue weighted by Gasteiger charge is 2.77. The van der Waals surface area contributed by atoms with Crippen molar-refractivity contribution in [2.45, 2.75) is 81.4 Å². The van der Waals surface area contributed by atoms with E-state index >= 15 is 0 Å². The Kier molecular flexibility index (Phi) is 7.53. The predicted octanol–water partition coefficient (Wildman–Crippen LogP) is 3.43. The van der Waals surface area contributed by atoms with Gasteiger partial charge in [-0.2, -0.15) is 0 Å². The molecule has 7 nitrogen and oxygen atoms in total. The number of aliphatic hydroxyl groups excluding tert-OH is 1. The van der Waals surface area contributed by atoms with Crippen molar-refractivity contribution in [2.75, 3.05) is 18.5 Å². The molecule has 35 heavy (non-hydrogen) atoms. The molecule has 192 valence electrons. The number of hydrogen-bond donors (Lipinski definition) is 3. The molecular weight excluding hydrogens is 462 g/mol. The minimum Gasteiger partial charge on any atom is -0.394 e. The van der Waals surface area contributed by atoms with Crippen molar-refractivity contribution >= 4 is 35.2 Å². The van der Waals surface area contributed by atoms with E-state index < -0.39 is 33.4 Å². The number of fused-ring (bicyclic) bond motifs is 1. The van der Waals surface area contributed by atoms with Gasteiger partial charge in [-0.15, -0.1) is 11.8 Å². The zero-order chi connectivity index (χ0) is 25.4. The van der Waals surface area contributed by atoms with Gasteiger partial charge in [0.15, 0.2) is 0 Å². The SMILES string of the molecule is CCCCNC(=O)C1N([C@@H](CO)CC(C)C)C(=O)[C@@H]2[C@H](C(=O)Nc3ccccc3)[C@]3(C)CCC12S3. The fraction of sp³-hybridized carbons (Fsp3) is 0.667. The van der Waals surface area contributed by atoms with Crippen LogP contribution in [0.3, 0.4) is 0 Å². The van der Waals surface area contributed by atoms with E-state index in [1.54, 1.807) is 16.7 Å². The van der Waals surface area contributed by atoms with Crippen molar-refractivity contribution in [3.63, 3.8) is 0 Å². The van der Waals surface area contributed by atoms with Crippen LogP contribution in [-0.2, 0) is 14.4 Å². The fourth-order valence-electron chi connectivity index (χ4n) is 6.50. The number of benzene rings is 1. The molecule has 8 heteroatoms. The first kappa shape index (κ1) is 26.0. The number of thioether (sulfide) groups is 1. The van der Waals surface area contributed by atoms with Crippen molar-refractivity contribution in [3.05, 3.63) is 30.3 Å². The molecule has 4 rings (SSSR count). The Bertz CT molecular complexity index is 957. The van der Waals surface area contributed by atoms with Crippen molar-refractivity contribution in [2.24, 2.45) is 17.8 Å². The van der Waals surface area contributed by atoms with Crippen LogP contribution in [0.5, 0.6) is 0 Å². The maximum absolute atomic E-state index is 14.1. The molecule has 2 bridgehead atoms. The van der Waals surface area contributed by atoms with E-state index in [4.69, 9.17) is 0 Å². The minimum atomic E-state index is -0.686. The molecule has 0 radical (unpaired) electrons. The van der Waals surface area contributed by atoms with E-state index in [-0.39, 0.29) is 30.2 Å². The Hall–Kier alpha value is -2.06. The Balaban J connectivity index is 1.72. The number of likely N-dealkylation sites (tertiary alicyclic amines) is 1. The molecule has 3 heterocycles. The number of carbonyl (C=O) groups excluding carboxylic acids is 3. The first-order chi connectivity index (χ1) is 16.7. The lowest BCUT2D eigenvalue weighted by Gasteiger charge is -2.37. The molecule has 3 saturated heterocycles. The molecule has 2 unspecified atom stereocenters. The first-order valence-electron chi connectivity index (χ1n) is 13.0. The number of unbranched alkanes of at least 4 members (excludes halogenated alkanes) is 1. The molecule has 3 fully saturated rings. The summed E-state index contributed by atoms with van der Waals surface area (Å²) in [6.45, 7) is 8.60. The van der Waals surface area contributed by atoms with Crippen molar-refractivity contribution in [1.29, 1.82) is 0 Å². The van der Waals surface area contributed by atoms with Gasteiger partial charge >= 0.3 is 0 Å². The number of aliphatic hydroxyl groups is 1. The molecule has 1 spiro atoms. The van der Waals surface area contributed by atoms with Crippen molar-refractivity contribution in [1.82, 2.24) is 10.2 Å². The lowest BCUT2D eigenvalue weighted by Crippen LogP contribution is -2.56. The number of nitrogens with zero attached hydrogens (tertiary/aromatic N) is 1. The van der Waals surface area contributed by atoms with Gasteiger partial charge in [-0.05, 0) is 50.7 Å². The molecule has 3 amide bonds. The number of carbonyl (C=O) groups is 3. The first-order valence-corrected chi connectivity index (χ1v) is 13.8. The number of para-hydroxylation sites is 1. The molecule has 0 saturated carbocycles. The lowest BCUT2D eigenvalue weighted by atomic mass is 9.66. The van der Waals surface area contributed by atoms with Crippen molar-refractivity contribution < 1.29 is 19.5 Å². The van der Waals surface area contributed by atoms with Gasteiger partial charge in [0.2, 0.25) is 17.7 Å². The lowest BCUT2D eigenvalue weighted by molar-refractivity contribution is -0.142. The summed E-state index contributed by atoms with van der Waals surface area (Å²) in [5.41, 5.74) is 0.701. The molecule has 6 atom stereocenters. The molecular formula is C27H39N3O4S. The summed E-state index contributed by atoms with van der Waals surface area (Å²) in [4.78, 5) is 43.1. The van der Waals surface area contributed by atoms with E-state index in [1.165, 1.54) is 0 Å². The van der Waals surface area contributed by atoms with Crippen LogP contribution in [0.25, 0.3) is 0 Å². The second-order valence-corrected chi connectivity index (χ2v) is 12.8. The van der Waals surface area contributed by atoms with Crippen LogP contribution in [0, 0.1) is 17.8 Å². The molecule has 3 aliphatic rings. The summed E-state index contributed by atoms with van der Waals surface area (Å²) in [6, 6.07) is 8.17. The average Bonchev–Trinajstić information content (AvgIpc) is 3.39. The van der Waals surface area contributed by atoms with Crippen LogP contribution in [0.1, 0.15) is 59.8 Å². The molecule has 1 aromatic carbocycles. The third kappa shape index (κ3) is 4.48. The van der Waals surface area contributed by atoms with Gasteiger partial charge in [0.05, 0.1) is 29.2 Å². The van der Waals surface area contributed by atoms with Gasteiger partial charge in [-0.3, -0.25) is 14.4 Å². The highest BCUT2D eigenvalue weighted by atomic mass is 32.2. The number of anilines is 1. The van der Waals surface area contributed by atoms with Crippen LogP contribution < -0.4 is 10.6 Å². The van der Waals surface area contributed by atoms with Gasteiger partial charge in [0.1, 0.15) is 6.04 Å². The maximum Gasteiger partial charge on any atom is 0.244 e. The van der Waals surface area contributed by atoms with Gasteiger partial charge < -0.3 is 20.6 Å². The Morgan fingerprint density at radius 3 is 2.54 bits per heavy atom. The highest BCUT2D eigenvalue weighted by molar-refractivity contribution is 8.02. The van der Waals surface area contributed by atoms with Gasteiger partial charge in [-0.1, -0.05) is 45.4 Å². The standard InChI is InChI=1S/C27H39N3O4S/c1-5-6-14-28-24(33)22-27-13-12-26(4,35-27)20(23(32)29-18-10-8-7-9-11-18)21(27)25(34)30(22)19(16-31)15-17(2)3/h7-11,17,19-22,31H,5-6,12-16H2,1-4H3,(H,28,33)(H,29,32)/t19-,20-,21+,22?,26+,27?/m1/s1. The predicted molar refractivity (Wildman–Crippen MR) is 139 cm³/mol. The van der Waals surface area contributed by atoms with E-state index in [2.05, 4.69) is 38.3 Å². The normalized spacial score (nSPS) is 32.1. The largest absolute Gasteiger partial charge is 0.394 e. The number of nitrogens with one attached hydrogen (secondary N) is 2. The number of hydrogen-bond acceptors (Lipinski definition) is 5. The third-order valence-corrected chi connectivity index (χ3v) is 9.95. The topological polar surface area (TPSA) is 98.7 Å². The third-order valence-electron chi connectivity index (χ3n) is 7.96. The molecule has 0 aliphatic carbocycles. The summed E-state index contributed by atoms with van der Waals surface area (Å²) in [7, 11) is 0. The second-order valence-electron chi connectivity index (χ2n) is 10.9. The Labute approximate surface area is 212 Å². The van der Waals surface area contributed by atoms with Crippen LogP contribution in [0.4, 0.5) is 5.69 Å². The summed E-state index contributed by atoms with van der Waals surface area (Å²) in [5.74, 6) is -1.36. The Morgan fingerprint density at radius 2 is 1.91 bits per heavy atom. The van der Waals surface area contributed by atoms with E-state index in [0.717, 1.165) is 19.3 Å². The molecule has 0 aromatic heterocycles. The average molecular weight is 502 g/mol. The quantitative estimate of drug-likeness (QED) is 0.427. The summed E-state index contributed by atoms with van der Waals surface area (Å²) in [6.07, 6.45) is 3.91. The zero-order valence-corrected chi connectivity index (χ0v) is 22.1. The smallest absolute Gasteiger partial charge is 0.244 e. The van der Waals surface area contributed by atoms with E-state index in [1.807, 2.05) is 30.3 Å².